The largest absolute Gasteiger partial charge is 0.454 e. The fourth-order valence-corrected chi connectivity index (χ4v) is 7.09. The van der Waals surface area contributed by atoms with Gasteiger partial charge in [-0.25, -0.2) is 9.78 Å². The molecule has 4 atom stereocenters. The van der Waals surface area contributed by atoms with Gasteiger partial charge in [0.2, 0.25) is 11.8 Å². The molecule has 4 unspecified atom stereocenters. The Hall–Kier alpha value is -4.62. The van der Waals surface area contributed by atoms with Crippen LogP contribution in [-0.2, 0) is 14.3 Å². The molecule has 3 aromatic carbocycles. The van der Waals surface area contributed by atoms with Crippen molar-refractivity contribution >= 4 is 51.8 Å². The van der Waals surface area contributed by atoms with Crippen LogP contribution in [0.1, 0.15) is 39.6 Å². The zero-order valence-corrected chi connectivity index (χ0v) is 24.3. The van der Waals surface area contributed by atoms with Crippen LogP contribution in [-0.4, -0.2) is 35.2 Å². The summed E-state index contributed by atoms with van der Waals surface area (Å²) < 4.78 is 5.44. The first-order chi connectivity index (χ1) is 20.7. The summed E-state index contributed by atoms with van der Waals surface area (Å²) in [6.07, 6.45) is 3.04. The lowest BCUT2D eigenvalue weighted by molar-refractivity contribution is -0.123. The lowest BCUT2D eigenvalue weighted by Crippen LogP contribution is -2.32. The number of hydrogen-bond donors (Lipinski definition) is 0. The molecular weight excluding hydrogens is 564 g/mol. The van der Waals surface area contributed by atoms with Crippen molar-refractivity contribution in [3.8, 4) is 11.3 Å². The highest BCUT2D eigenvalue weighted by Gasteiger charge is 2.60. The van der Waals surface area contributed by atoms with E-state index in [9.17, 15) is 19.2 Å². The van der Waals surface area contributed by atoms with Crippen molar-refractivity contribution in [3.05, 3.63) is 106 Å². The molecule has 2 heterocycles. The van der Waals surface area contributed by atoms with Crippen LogP contribution in [0.15, 0.2) is 84.4 Å². The number of pyridine rings is 1. The second-order valence-corrected chi connectivity index (χ2v) is 12.0. The van der Waals surface area contributed by atoms with Crippen molar-refractivity contribution in [3.63, 3.8) is 0 Å². The van der Waals surface area contributed by atoms with E-state index in [0.29, 0.717) is 38.4 Å². The molecule has 3 aliphatic rings. The molecule has 1 saturated carbocycles. The van der Waals surface area contributed by atoms with Crippen molar-refractivity contribution in [1.82, 2.24) is 4.98 Å². The number of ketones is 1. The maximum atomic E-state index is 13.4. The van der Waals surface area contributed by atoms with Crippen LogP contribution in [0.4, 0.5) is 5.69 Å². The maximum absolute atomic E-state index is 13.4. The van der Waals surface area contributed by atoms with Crippen LogP contribution in [0.3, 0.4) is 0 Å². The number of benzene rings is 3. The molecule has 1 aromatic heterocycles. The number of amides is 2. The smallest absolute Gasteiger partial charge is 0.339 e. The predicted molar refractivity (Wildman–Crippen MR) is 163 cm³/mol. The van der Waals surface area contributed by atoms with Gasteiger partial charge in [0.25, 0.3) is 0 Å². The number of imide groups is 1. The third kappa shape index (κ3) is 4.46. The van der Waals surface area contributed by atoms with Gasteiger partial charge in [0.1, 0.15) is 0 Å². The number of esters is 1. The summed E-state index contributed by atoms with van der Waals surface area (Å²) in [5.41, 5.74) is 4.95. The first-order valence-corrected chi connectivity index (χ1v) is 14.6. The van der Waals surface area contributed by atoms with Gasteiger partial charge in [0.15, 0.2) is 12.4 Å². The van der Waals surface area contributed by atoms with Gasteiger partial charge in [-0.2, -0.15) is 0 Å². The van der Waals surface area contributed by atoms with Crippen LogP contribution in [0.2, 0.25) is 5.02 Å². The minimum absolute atomic E-state index is 0.132. The average Bonchev–Trinajstić information content (AvgIpc) is 3.65. The van der Waals surface area contributed by atoms with Crippen molar-refractivity contribution in [2.45, 2.75) is 20.3 Å². The van der Waals surface area contributed by atoms with Gasteiger partial charge < -0.3 is 4.74 Å². The molecule has 2 bridgehead atoms. The van der Waals surface area contributed by atoms with Crippen molar-refractivity contribution < 1.29 is 23.9 Å². The summed E-state index contributed by atoms with van der Waals surface area (Å²) in [7, 11) is 0. The minimum Gasteiger partial charge on any atom is -0.454 e. The quantitative estimate of drug-likeness (QED) is 0.109. The van der Waals surface area contributed by atoms with E-state index >= 15 is 0 Å². The van der Waals surface area contributed by atoms with Crippen LogP contribution >= 0.6 is 11.6 Å². The molecule has 8 heteroatoms. The number of fused-ring (bicyclic) bond motifs is 6. The molecule has 0 spiro atoms. The highest BCUT2D eigenvalue weighted by atomic mass is 35.5. The zero-order chi connectivity index (χ0) is 30.0. The molecule has 4 aromatic rings. The molecule has 1 aliphatic heterocycles. The van der Waals surface area contributed by atoms with Gasteiger partial charge in [0, 0.05) is 16.5 Å². The number of aromatic nitrogens is 1. The maximum Gasteiger partial charge on any atom is 0.339 e. The second kappa shape index (κ2) is 10.3. The van der Waals surface area contributed by atoms with E-state index in [2.05, 4.69) is 6.08 Å². The molecule has 0 radical (unpaired) electrons. The topological polar surface area (TPSA) is 93.6 Å². The SMILES string of the molecule is CC1=CC2CC1C1C(=O)N(c3ccc(-c4cc(C(=O)OCC(=O)c5ccc(C)cc5)c5cccc(Cl)c5n4)cc3)C(=O)C21. The van der Waals surface area contributed by atoms with E-state index in [1.807, 2.05) is 26.0 Å². The van der Waals surface area contributed by atoms with Gasteiger partial charge in [-0.15, -0.1) is 0 Å². The van der Waals surface area contributed by atoms with Gasteiger partial charge >= 0.3 is 5.97 Å². The summed E-state index contributed by atoms with van der Waals surface area (Å²) in [5, 5.41) is 0.859. The van der Waals surface area contributed by atoms with E-state index in [4.69, 9.17) is 21.3 Å². The number of rotatable bonds is 6. The fourth-order valence-electron chi connectivity index (χ4n) is 6.87. The van der Waals surface area contributed by atoms with E-state index in [1.54, 1.807) is 60.7 Å². The number of carbonyl (C=O) groups is 4. The molecule has 2 amide bonds. The molecule has 43 heavy (non-hydrogen) atoms. The Balaban J connectivity index is 1.17. The van der Waals surface area contributed by atoms with Gasteiger partial charge in [-0.3, -0.25) is 19.3 Å². The summed E-state index contributed by atoms with van der Waals surface area (Å²) in [6.45, 7) is 3.56. The normalized spacial score (nSPS) is 22.2. The number of para-hydroxylation sites is 1. The van der Waals surface area contributed by atoms with E-state index in [0.717, 1.165) is 12.0 Å². The minimum atomic E-state index is -0.675. The molecule has 2 fully saturated rings. The van der Waals surface area contributed by atoms with E-state index in [-0.39, 0.29) is 46.8 Å². The first-order valence-electron chi connectivity index (χ1n) is 14.2. The highest BCUT2D eigenvalue weighted by Crippen LogP contribution is 2.56. The second-order valence-electron chi connectivity index (χ2n) is 11.6. The number of aryl methyl sites for hydroxylation is 1. The Morgan fingerprint density at radius 3 is 2.42 bits per heavy atom. The predicted octanol–water partition coefficient (Wildman–Crippen LogP) is 6.60. The van der Waals surface area contributed by atoms with Crippen LogP contribution < -0.4 is 4.90 Å². The standard InChI is InChI=1S/C35H27ClN2O5/c1-18-6-8-21(9-7-18)29(39)17-43-35(42)26-16-28(37-32-24(26)4-3-5-27(32)36)20-10-12-23(13-11-20)38-33(40)30-22-14-19(2)25(15-22)31(30)34(38)41/h3-14,16,22,25,30-31H,15,17H2,1-2H3. The number of halogens is 1. The number of nitrogens with zero attached hydrogens (tertiary/aromatic N) is 2. The average molecular weight is 591 g/mol. The Labute approximate surface area is 253 Å². The number of ether oxygens (including phenoxy) is 1. The monoisotopic (exact) mass is 590 g/mol. The number of anilines is 1. The molecule has 1 saturated heterocycles. The molecule has 7 rings (SSSR count). The van der Waals surface area contributed by atoms with Gasteiger partial charge in [-0.1, -0.05) is 77.3 Å². The van der Waals surface area contributed by atoms with Crippen molar-refractivity contribution in [1.29, 1.82) is 0 Å². The molecule has 7 nitrogen and oxygen atoms in total. The Morgan fingerprint density at radius 2 is 1.67 bits per heavy atom. The third-order valence-corrected chi connectivity index (χ3v) is 9.33. The number of hydrogen-bond acceptors (Lipinski definition) is 6. The Kier molecular flexibility index (Phi) is 6.51. The van der Waals surface area contributed by atoms with Crippen LogP contribution in [0, 0.1) is 30.6 Å². The summed E-state index contributed by atoms with van der Waals surface area (Å²) in [6, 6.07) is 20.8. The van der Waals surface area contributed by atoms with Crippen LogP contribution in [0.5, 0.6) is 0 Å². The first kappa shape index (κ1) is 27.2. The highest BCUT2D eigenvalue weighted by molar-refractivity contribution is 6.35. The van der Waals surface area contributed by atoms with Gasteiger partial charge in [-0.05, 0) is 56.4 Å². The number of carbonyl (C=O) groups excluding carboxylic acids is 4. The fraction of sp³-hybridized carbons (Fsp3) is 0.229. The lowest BCUT2D eigenvalue weighted by Gasteiger charge is -2.19. The molecule has 0 N–H and O–H groups in total. The molecular formula is C35H27ClN2O5. The van der Waals surface area contributed by atoms with Gasteiger partial charge in [0.05, 0.1) is 39.3 Å². The number of Topliss-reactive ketones (excluding diaryl/α,β-unsaturated/α-hetero) is 1. The third-order valence-electron chi connectivity index (χ3n) is 9.02. The molecule has 214 valence electrons. The van der Waals surface area contributed by atoms with Crippen molar-refractivity contribution in [2.24, 2.45) is 23.7 Å². The van der Waals surface area contributed by atoms with E-state index in [1.165, 1.54) is 10.5 Å². The van der Waals surface area contributed by atoms with Crippen molar-refractivity contribution in [2.75, 3.05) is 11.5 Å². The van der Waals surface area contributed by atoms with Crippen LogP contribution in [0.25, 0.3) is 22.2 Å². The lowest BCUT2D eigenvalue weighted by atomic mass is 9.82. The summed E-state index contributed by atoms with van der Waals surface area (Å²) >= 11 is 6.49. The summed E-state index contributed by atoms with van der Waals surface area (Å²) in [4.78, 5) is 58.7. The molecule has 2 aliphatic carbocycles. The summed E-state index contributed by atoms with van der Waals surface area (Å²) in [5.74, 6) is -1.54. The zero-order valence-electron chi connectivity index (χ0n) is 23.5. The Bertz CT molecular complexity index is 1880. The number of allylic oxidation sites excluding steroid dienone is 2. The Morgan fingerprint density at radius 1 is 0.953 bits per heavy atom. The van der Waals surface area contributed by atoms with E-state index < -0.39 is 12.6 Å².